The van der Waals surface area contributed by atoms with Gasteiger partial charge in [0.2, 0.25) is 0 Å². The second-order valence-corrected chi connectivity index (χ2v) is 3.70. The molecule has 0 radical (unpaired) electrons. The molecular weight excluding hydrogens is 216 g/mol. The van der Waals surface area contributed by atoms with Gasteiger partial charge in [0.05, 0.1) is 6.10 Å². The van der Waals surface area contributed by atoms with Gasteiger partial charge in [-0.05, 0) is 37.7 Å². The molecule has 1 rings (SSSR count). The Morgan fingerprint density at radius 2 is 2.27 bits per heavy atom. The largest absolute Gasteiger partial charge is 0.390 e. The third-order valence-electron chi connectivity index (χ3n) is 2.15. The molecule has 3 N–H and O–H groups in total. The summed E-state index contributed by atoms with van der Waals surface area (Å²) in [7, 11) is 1.79. The minimum absolute atomic E-state index is 0.312. The third kappa shape index (κ3) is 3.76. The van der Waals surface area contributed by atoms with Crippen molar-refractivity contribution in [3.8, 4) is 0 Å². The number of rotatable bonds is 5. The van der Waals surface area contributed by atoms with Gasteiger partial charge in [-0.3, -0.25) is 0 Å². The molecule has 0 saturated carbocycles. The van der Waals surface area contributed by atoms with E-state index < -0.39 is 12.2 Å². The smallest absolute Gasteiger partial charge is 0.129 e. The molecule has 2 unspecified atom stereocenters. The summed E-state index contributed by atoms with van der Waals surface area (Å²) < 4.78 is 0. The van der Waals surface area contributed by atoms with Crippen LogP contribution >= 0.6 is 11.6 Å². The Morgan fingerprint density at radius 3 is 2.87 bits per heavy atom. The van der Waals surface area contributed by atoms with Crippen LogP contribution < -0.4 is 5.32 Å². The van der Waals surface area contributed by atoms with Crippen LogP contribution in [0, 0.1) is 0 Å². The second kappa shape index (κ2) is 6.02. The summed E-state index contributed by atoms with van der Waals surface area (Å²) in [5.74, 6) is 0. The van der Waals surface area contributed by atoms with Crippen LogP contribution in [0.15, 0.2) is 18.3 Å². The zero-order valence-electron chi connectivity index (χ0n) is 8.52. The lowest BCUT2D eigenvalue weighted by Crippen LogP contribution is -2.23. The van der Waals surface area contributed by atoms with Crippen LogP contribution in [0.2, 0.25) is 5.15 Å². The van der Waals surface area contributed by atoms with Crippen LogP contribution in [0.25, 0.3) is 0 Å². The minimum atomic E-state index is -0.918. The number of nitrogens with one attached hydrogen (secondary N) is 1. The fraction of sp³-hybridized carbons (Fsp3) is 0.500. The standard InChI is InChI=1S/C10H15ClN2O2/c1-12-4-3-8(14)10(15)7-2-5-13-9(11)6-7/h2,5-6,8,10,12,14-15H,3-4H2,1H3. The maximum absolute atomic E-state index is 9.78. The average molecular weight is 231 g/mol. The number of hydrogen-bond acceptors (Lipinski definition) is 4. The highest BCUT2D eigenvalue weighted by atomic mass is 35.5. The number of pyridine rings is 1. The highest BCUT2D eigenvalue weighted by molar-refractivity contribution is 6.29. The molecule has 1 aromatic heterocycles. The first kappa shape index (κ1) is 12.4. The first-order chi connectivity index (χ1) is 7.15. The van der Waals surface area contributed by atoms with Crippen LogP contribution in [0.3, 0.4) is 0 Å². The quantitative estimate of drug-likeness (QED) is 0.653. The molecule has 5 heteroatoms. The van der Waals surface area contributed by atoms with Gasteiger partial charge in [-0.1, -0.05) is 11.6 Å². The van der Waals surface area contributed by atoms with E-state index in [4.69, 9.17) is 11.6 Å². The van der Waals surface area contributed by atoms with Crippen LogP contribution in [-0.2, 0) is 0 Å². The maximum atomic E-state index is 9.78. The van der Waals surface area contributed by atoms with E-state index in [9.17, 15) is 10.2 Å². The minimum Gasteiger partial charge on any atom is -0.390 e. The molecule has 0 amide bonds. The molecule has 84 valence electrons. The topological polar surface area (TPSA) is 65.4 Å². The van der Waals surface area contributed by atoms with Crippen LogP contribution in [0.1, 0.15) is 18.1 Å². The molecule has 0 bridgehead atoms. The van der Waals surface area contributed by atoms with Gasteiger partial charge >= 0.3 is 0 Å². The Hall–Kier alpha value is -0.680. The summed E-state index contributed by atoms with van der Waals surface area (Å²) in [5.41, 5.74) is 0.582. The van der Waals surface area contributed by atoms with Crippen LogP contribution in [0.5, 0.6) is 0 Å². The summed E-state index contributed by atoms with van der Waals surface area (Å²) in [5, 5.41) is 22.6. The van der Waals surface area contributed by atoms with Gasteiger partial charge < -0.3 is 15.5 Å². The lowest BCUT2D eigenvalue weighted by Gasteiger charge is -2.17. The Balaban J connectivity index is 2.62. The monoisotopic (exact) mass is 230 g/mol. The average Bonchev–Trinajstić information content (AvgIpc) is 2.24. The molecule has 2 atom stereocenters. The number of aliphatic hydroxyl groups excluding tert-OH is 2. The van der Waals surface area contributed by atoms with Crippen molar-refractivity contribution in [3.05, 3.63) is 29.0 Å². The van der Waals surface area contributed by atoms with Crippen molar-refractivity contribution in [3.63, 3.8) is 0 Å². The Kier molecular flexibility index (Phi) is 4.98. The van der Waals surface area contributed by atoms with E-state index in [0.29, 0.717) is 23.7 Å². The Labute approximate surface area is 93.9 Å². The molecule has 0 saturated heterocycles. The lowest BCUT2D eigenvalue weighted by molar-refractivity contribution is 0.0140. The van der Waals surface area contributed by atoms with Crippen molar-refractivity contribution in [2.45, 2.75) is 18.6 Å². The number of hydrogen-bond donors (Lipinski definition) is 3. The summed E-state index contributed by atoms with van der Waals surface area (Å²) in [6.07, 6.45) is 0.276. The Morgan fingerprint density at radius 1 is 1.53 bits per heavy atom. The third-order valence-corrected chi connectivity index (χ3v) is 2.35. The van der Waals surface area contributed by atoms with E-state index in [1.54, 1.807) is 19.2 Å². The highest BCUT2D eigenvalue weighted by Gasteiger charge is 2.17. The molecule has 0 aliphatic carbocycles. The lowest BCUT2D eigenvalue weighted by atomic mass is 10.0. The molecule has 0 aromatic carbocycles. The van der Waals surface area contributed by atoms with Crippen molar-refractivity contribution in [2.24, 2.45) is 0 Å². The molecule has 0 spiro atoms. The predicted octanol–water partition coefficient (Wildman–Crippen LogP) is 0.739. The zero-order chi connectivity index (χ0) is 11.3. The fourth-order valence-electron chi connectivity index (χ4n) is 1.27. The van der Waals surface area contributed by atoms with Crippen molar-refractivity contribution in [2.75, 3.05) is 13.6 Å². The van der Waals surface area contributed by atoms with Crippen molar-refractivity contribution in [1.82, 2.24) is 10.3 Å². The summed E-state index contributed by atoms with van der Waals surface area (Å²) in [4.78, 5) is 3.80. The first-order valence-corrected chi connectivity index (χ1v) is 5.15. The predicted molar refractivity (Wildman–Crippen MR) is 58.8 cm³/mol. The molecule has 0 aliphatic rings. The molecule has 1 aromatic rings. The van der Waals surface area contributed by atoms with E-state index in [1.165, 1.54) is 6.20 Å². The van der Waals surface area contributed by atoms with Gasteiger partial charge in [0.25, 0.3) is 0 Å². The van der Waals surface area contributed by atoms with Crippen molar-refractivity contribution in [1.29, 1.82) is 0 Å². The molecule has 4 nitrogen and oxygen atoms in total. The van der Waals surface area contributed by atoms with E-state index in [1.807, 2.05) is 0 Å². The summed E-state index contributed by atoms with van der Waals surface area (Å²) >= 11 is 5.68. The fourth-order valence-corrected chi connectivity index (χ4v) is 1.46. The summed E-state index contributed by atoms with van der Waals surface area (Å²) in [6.45, 7) is 0.650. The maximum Gasteiger partial charge on any atom is 0.129 e. The number of aromatic nitrogens is 1. The number of halogens is 1. The van der Waals surface area contributed by atoms with Crippen LogP contribution in [-0.4, -0.2) is 34.9 Å². The SMILES string of the molecule is CNCCC(O)C(O)c1ccnc(Cl)c1. The number of nitrogens with zero attached hydrogens (tertiary/aromatic N) is 1. The van der Waals surface area contributed by atoms with Gasteiger partial charge in [0, 0.05) is 6.20 Å². The molecule has 0 fully saturated rings. The normalized spacial score (nSPS) is 14.9. The van der Waals surface area contributed by atoms with E-state index in [-0.39, 0.29) is 0 Å². The van der Waals surface area contributed by atoms with Gasteiger partial charge in [-0.15, -0.1) is 0 Å². The van der Waals surface area contributed by atoms with E-state index in [0.717, 1.165) is 0 Å². The second-order valence-electron chi connectivity index (χ2n) is 3.32. The zero-order valence-corrected chi connectivity index (χ0v) is 9.28. The molecule has 1 heterocycles. The van der Waals surface area contributed by atoms with Gasteiger partial charge in [0.1, 0.15) is 11.3 Å². The highest BCUT2D eigenvalue weighted by Crippen LogP contribution is 2.20. The molecule has 0 aliphatic heterocycles. The van der Waals surface area contributed by atoms with Crippen molar-refractivity contribution < 1.29 is 10.2 Å². The van der Waals surface area contributed by atoms with E-state index in [2.05, 4.69) is 10.3 Å². The van der Waals surface area contributed by atoms with Crippen molar-refractivity contribution >= 4 is 11.6 Å². The Bertz CT molecular complexity index is 309. The van der Waals surface area contributed by atoms with Gasteiger partial charge in [-0.2, -0.15) is 0 Å². The first-order valence-electron chi connectivity index (χ1n) is 4.77. The van der Waals surface area contributed by atoms with E-state index >= 15 is 0 Å². The molecule has 15 heavy (non-hydrogen) atoms. The van der Waals surface area contributed by atoms with Gasteiger partial charge in [-0.25, -0.2) is 4.98 Å². The number of aliphatic hydroxyl groups is 2. The molecular formula is C10H15ClN2O2. The van der Waals surface area contributed by atoms with Crippen LogP contribution in [0.4, 0.5) is 0 Å². The summed E-state index contributed by atoms with van der Waals surface area (Å²) in [6, 6.07) is 3.19. The van der Waals surface area contributed by atoms with Gasteiger partial charge in [0.15, 0.2) is 0 Å².